The number of ether oxygens (including phenoxy) is 2. The van der Waals surface area contributed by atoms with Crippen LogP contribution in [-0.4, -0.2) is 29.7 Å². The zero-order valence-electron chi connectivity index (χ0n) is 12.8. The van der Waals surface area contributed by atoms with Crippen LogP contribution in [0, 0.1) is 6.92 Å². The first-order chi connectivity index (χ1) is 10.7. The fourth-order valence-electron chi connectivity index (χ4n) is 2.22. The van der Waals surface area contributed by atoms with Crippen LogP contribution in [0.5, 0.6) is 11.5 Å². The van der Waals surface area contributed by atoms with Crippen molar-refractivity contribution in [1.29, 1.82) is 0 Å². The van der Waals surface area contributed by atoms with Gasteiger partial charge in [-0.25, -0.2) is 4.98 Å². The first-order valence-corrected chi connectivity index (χ1v) is 7.51. The molecule has 6 nitrogen and oxygen atoms in total. The molecule has 2 aromatic rings. The molecular weight excluding hydrogens is 280 g/mol. The van der Waals surface area contributed by atoms with Crippen LogP contribution in [0.1, 0.15) is 19.0 Å². The maximum absolute atomic E-state index is 5.59. The van der Waals surface area contributed by atoms with E-state index in [1.165, 1.54) is 0 Å². The van der Waals surface area contributed by atoms with Gasteiger partial charge in [0.25, 0.3) is 0 Å². The van der Waals surface area contributed by atoms with E-state index in [1.54, 1.807) is 0 Å². The van der Waals surface area contributed by atoms with E-state index < -0.39 is 0 Å². The summed E-state index contributed by atoms with van der Waals surface area (Å²) < 4.78 is 11.1. The minimum atomic E-state index is 0.578. The Kier molecular flexibility index (Phi) is 4.27. The number of nitrogens with one attached hydrogen (secondary N) is 2. The van der Waals surface area contributed by atoms with Gasteiger partial charge in [-0.2, -0.15) is 4.98 Å². The summed E-state index contributed by atoms with van der Waals surface area (Å²) in [4.78, 5) is 8.85. The van der Waals surface area contributed by atoms with Crippen molar-refractivity contribution in [2.45, 2.75) is 20.3 Å². The van der Waals surface area contributed by atoms with Gasteiger partial charge in [-0.3, -0.25) is 0 Å². The Morgan fingerprint density at radius 3 is 2.73 bits per heavy atom. The summed E-state index contributed by atoms with van der Waals surface area (Å²) in [5, 5.41) is 6.49. The van der Waals surface area contributed by atoms with E-state index in [1.807, 2.05) is 31.2 Å². The van der Waals surface area contributed by atoms with E-state index in [0.717, 1.165) is 41.7 Å². The van der Waals surface area contributed by atoms with Crippen molar-refractivity contribution < 1.29 is 9.47 Å². The molecule has 1 aromatic carbocycles. The van der Waals surface area contributed by atoms with Gasteiger partial charge < -0.3 is 20.1 Å². The summed E-state index contributed by atoms with van der Waals surface area (Å²) in [5.41, 5.74) is 1.82. The second-order valence-electron chi connectivity index (χ2n) is 5.13. The van der Waals surface area contributed by atoms with Gasteiger partial charge in [0.2, 0.25) is 5.95 Å². The molecule has 0 spiro atoms. The fraction of sp³-hybridized carbons (Fsp3) is 0.375. The van der Waals surface area contributed by atoms with Crippen molar-refractivity contribution in [3.05, 3.63) is 30.0 Å². The van der Waals surface area contributed by atoms with Crippen LogP contribution >= 0.6 is 0 Å². The van der Waals surface area contributed by atoms with Gasteiger partial charge in [-0.1, -0.05) is 6.92 Å². The Bertz CT molecular complexity index is 661. The molecule has 1 aromatic heterocycles. The Labute approximate surface area is 129 Å². The third kappa shape index (κ3) is 3.39. The molecule has 0 saturated carbocycles. The number of rotatable bonds is 5. The van der Waals surface area contributed by atoms with Gasteiger partial charge in [0.15, 0.2) is 11.5 Å². The van der Waals surface area contributed by atoms with Crippen LogP contribution in [0.3, 0.4) is 0 Å². The molecule has 0 aliphatic carbocycles. The molecule has 0 amide bonds. The van der Waals surface area contributed by atoms with Crippen molar-refractivity contribution in [2.75, 3.05) is 30.4 Å². The third-order valence-electron chi connectivity index (χ3n) is 3.20. The number of fused-ring (bicyclic) bond motifs is 1. The fourth-order valence-corrected chi connectivity index (χ4v) is 2.22. The maximum Gasteiger partial charge on any atom is 0.224 e. The largest absolute Gasteiger partial charge is 0.486 e. The molecule has 0 unspecified atom stereocenters. The highest BCUT2D eigenvalue weighted by Crippen LogP contribution is 2.33. The number of nitrogens with zero attached hydrogens (tertiary/aromatic N) is 2. The quantitative estimate of drug-likeness (QED) is 0.884. The summed E-state index contributed by atoms with van der Waals surface area (Å²) in [6.45, 7) is 6.09. The van der Waals surface area contributed by atoms with E-state index in [-0.39, 0.29) is 0 Å². The maximum atomic E-state index is 5.59. The van der Waals surface area contributed by atoms with Crippen LogP contribution in [0.4, 0.5) is 17.5 Å². The molecule has 1 aliphatic heterocycles. The minimum absolute atomic E-state index is 0.578. The first-order valence-electron chi connectivity index (χ1n) is 7.51. The minimum Gasteiger partial charge on any atom is -0.486 e. The van der Waals surface area contributed by atoms with Crippen molar-refractivity contribution in [3.63, 3.8) is 0 Å². The Hall–Kier alpha value is -2.50. The summed E-state index contributed by atoms with van der Waals surface area (Å²) in [5.74, 6) is 2.93. The second-order valence-corrected chi connectivity index (χ2v) is 5.13. The smallest absolute Gasteiger partial charge is 0.224 e. The standard InChI is InChI=1S/C16H20N4O2/c1-3-6-17-16-18-11(2)9-15(20-16)19-12-4-5-13-14(10-12)22-8-7-21-13/h4-5,9-10H,3,6-8H2,1-2H3,(H2,17,18,19,20). The molecule has 22 heavy (non-hydrogen) atoms. The van der Waals surface area contributed by atoms with E-state index in [0.29, 0.717) is 19.2 Å². The molecular formula is C16H20N4O2. The van der Waals surface area contributed by atoms with Crippen molar-refractivity contribution in [3.8, 4) is 11.5 Å². The first kappa shape index (κ1) is 14.4. The molecule has 0 radical (unpaired) electrons. The number of hydrogen-bond donors (Lipinski definition) is 2. The van der Waals surface area contributed by atoms with Gasteiger partial charge in [0.1, 0.15) is 19.0 Å². The number of hydrogen-bond acceptors (Lipinski definition) is 6. The number of aryl methyl sites for hydroxylation is 1. The summed E-state index contributed by atoms with van der Waals surface area (Å²) in [6.07, 6.45) is 1.03. The van der Waals surface area contributed by atoms with E-state index in [4.69, 9.17) is 9.47 Å². The van der Waals surface area contributed by atoms with Crippen LogP contribution in [0.25, 0.3) is 0 Å². The Morgan fingerprint density at radius 1 is 1.09 bits per heavy atom. The van der Waals surface area contributed by atoms with E-state index in [9.17, 15) is 0 Å². The summed E-state index contributed by atoms with van der Waals surface area (Å²) >= 11 is 0. The highest BCUT2D eigenvalue weighted by Gasteiger charge is 2.12. The van der Waals surface area contributed by atoms with E-state index in [2.05, 4.69) is 27.5 Å². The molecule has 2 heterocycles. The average Bonchev–Trinajstić information content (AvgIpc) is 2.52. The monoisotopic (exact) mass is 300 g/mol. The predicted octanol–water partition coefficient (Wildman–Crippen LogP) is 3.12. The lowest BCUT2D eigenvalue weighted by atomic mass is 10.2. The van der Waals surface area contributed by atoms with Crippen LogP contribution < -0.4 is 20.1 Å². The lowest BCUT2D eigenvalue weighted by Gasteiger charge is -2.19. The normalized spacial score (nSPS) is 12.8. The Morgan fingerprint density at radius 2 is 1.91 bits per heavy atom. The molecule has 2 N–H and O–H groups in total. The molecule has 3 rings (SSSR count). The zero-order valence-corrected chi connectivity index (χ0v) is 12.8. The van der Waals surface area contributed by atoms with Gasteiger partial charge in [0, 0.05) is 30.1 Å². The molecule has 0 saturated heterocycles. The third-order valence-corrected chi connectivity index (χ3v) is 3.20. The molecule has 0 fully saturated rings. The lowest BCUT2D eigenvalue weighted by molar-refractivity contribution is 0.171. The molecule has 0 bridgehead atoms. The highest BCUT2D eigenvalue weighted by atomic mass is 16.6. The number of benzene rings is 1. The lowest BCUT2D eigenvalue weighted by Crippen LogP contribution is -2.15. The van der Waals surface area contributed by atoms with Crippen LogP contribution in [0.2, 0.25) is 0 Å². The van der Waals surface area contributed by atoms with Gasteiger partial charge >= 0.3 is 0 Å². The molecule has 116 valence electrons. The SMILES string of the molecule is CCCNc1nc(C)cc(Nc2ccc3c(c2)OCCO3)n1. The van der Waals surface area contributed by atoms with Crippen LogP contribution in [0.15, 0.2) is 24.3 Å². The van der Waals surface area contributed by atoms with Gasteiger partial charge in [-0.15, -0.1) is 0 Å². The number of aromatic nitrogens is 2. The van der Waals surface area contributed by atoms with Gasteiger partial charge in [-0.05, 0) is 25.5 Å². The van der Waals surface area contributed by atoms with Crippen molar-refractivity contribution in [1.82, 2.24) is 9.97 Å². The van der Waals surface area contributed by atoms with Gasteiger partial charge in [0.05, 0.1) is 0 Å². The highest BCUT2D eigenvalue weighted by molar-refractivity contribution is 5.62. The van der Waals surface area contributed by atoms with E-state index >= 15 is 0 Å². The van der Waals surface area contributed by atoms with Crippen LogP contribution in [-0.2, 0) is 0 Å². The Balaban J connectivity index is 1.79. The molecule has 0 atom stereocenters. The summed E-state index contributed by atoms with van der Waals surface area (Å²) in [7, 11) is 0. The predicted molar refractivity (Wildman–Crippen MR) is 86.3 cm³/mol. The van der Waals surface area contributed by atoms with Crippen molar-refractivity contribution >= 4 is 17.5 Å². The average molecular weight is 300 g/mol. The summed E-state index contributed by atoms with van der Waals surface area (Å²) in [6, 6.07) is 7.68. The second kappa shape index (κ2) is 6.51. The number of anilines is 3. The zero-order chi connectivity index (χ0) is 15.4. The van der Waals surface area contributed by atoms with Crippen molar-refractivity contribution in [2.24, 2.45) is 0 Å². The molecule has 1 aliphatic rings. The molecule has 6 heteroatoms. The topological polar surface area (TPSA) is 68.3 Å².